The summed E-state index contributed by atoms with van der Waals surface area (Å²) in [5, 5.41) is 1.61. The summed E-state index contributed by atoms with van der Waals surface area (Å²) < 4.78 is 0. The fraction of sp³-hybridized carbons (Fsp3) is 0.600. The highest BCUT2D eigenvalue weighted by Gasteiger charge is 2.27. The van der Waals surface area contributed by atoms with Gasteiger partial charge in [-0.3, -0.25) is 0 Å². The molecule has 0 N–H and O–H groups in total. The summed E-state index contributed by atoms with van der Waals surface area (Å²) in [6.45, 7) is 2.16. The molecule has 76 valence electrons. The van der Waals surface area contributed by atoms with E-state index in [0.29, 0.717) is 11.1 Å². The summed E-state index contributed by atoms with van der Waals surface area (Å²) in [5.74, 6) is 2.61. The molecule has 14 heavy (non-hydrogen) atoms. The fourth-order valence-electron chi connectivity index (χ4n) is 1.22. The minimum absolute atomic E-state index is 0.578. The molecule has 1 aliphatic rings. The zero-order valence-electron chi connectivity index (χ0n) is 8.16. The monoisotopic (exact) mass is 228 g/mol. The van der Waals surface area contributed by atoms with Gasteiger partial charge in [-0.15, -0.1) is 11.8 Å². The molecule has 0 aliphatic heterocycles. The van der Waals surface area contributed by atoms with E-state index in [1.54, 1.807) is 11.8 Å². The average molecular weight is 229 g/mol. The SMILES string of the molecule is CCCSc1cc(Cl)nc(C2CC2)n1. The molecule has 0 amide bonds. The molecule has 4 heteroatoms. The van der Waals surface area contributed by atoms with Gasteiger partial charge in [-0.2, -0.15) is 0 Å². The first-order valence-corrected chi connectivity index (χ1v) is 6.33. The molecule has 0 bridgehead atoms. The Kier molecular flexibility index (Phi) is 3.29. The van der Waals surface area contributed by atoms with Crippen LogP contribution in [0.2, 0.25) is 5.15 Å². The summed E-state index contributed by atoms with van der Waals surface area (Å²) in [5.41, 5.74) is 0. The third-order valence-electron chi connectivity index (χ3n) is 2.09. The van der Waals surface area contributed by atoms with Gasteiger partial charge in [-0.05, 0) is 25.0 Å². The van der Waals surface area contributed by atoms with Crippen LogP contribution in [-0.4, -0.2) is 15.7 Å². The van der Waals surface area contributed by atoms with Gasteiger partial charge in [0.25, 0.3) is 0 Å². The van der Waals surface area contributed by atoms with Crippen LogP contribution in [0.3, 0.4) is 0 Å². The lowest BCUT2D eigenvalue weighted by Gasteiger charge is -2.02. The summed E-state index contributed by atoms with van der Waals surface area (Å²) in [4.78, 5) is 8.75. The van der Waals surface area contributed by atoms with Gasteiger partial charge in [-0.1, -0.05) is 18.5 Å². The molecule has 0 saturated heterocycles. The van der Waals surface area contributed by atoms with Crippen LogP contribution < -0.4 is 0 Å². The van der Waals surface area contributed by atoms with Crippen LogP contribution in [0.1, 0.15) is 37.9 Å². The van der Waals surface area contributed by atoms with E-state index in [0.717, 1.165) is 23.0 Å². The molecule has 1 aliphatic carbocycles. The van der Waals surface area contributed by atoms with E-state index in [9.17, 15) is 0 Å². The Morgan fingerprint density at radius 2 is 2.29 bits per heavy atom. The Hall–Kier alpha value is -0.280. The minimum atomic E-state index is 0.578. The number of rotatable bonds is 4. The molecule has 1 aromatic heterocycles. The van der Waals surface area contributed by atoms with Gasteiger partial charge in [0.15, 0.2) is 0 Å². The first kappa shape index (κ1) is 10.2. The highest BCUT2D eigenvalue weighted by Crippen LogP contribution is 2.39. The second-order valence-electron chi connectivity index (χ2n) is 3.51. The van der Waals surface area contributed by atoms with Crippen LogP contribution in [0, 0.1) is 0 Å². The molecule has 1 aromatic rings. The van der Waals surface area contributed by atoms with Crippen molar-refractivity contribution in [2.75, 3.05) is 5.75 Å². The van der Waals surface area contributed by atoms with Gasteiger partial charge in [0, 0.05) is 12.0 Å². The van der Waals surface area contributed by atoms with Crippen LogP contribution in [0.25, 0.3) is 0 Å². The van der Waals surface area contributed by atoms with Gasteiger partial charge in [-0.25, -0.2) is 9.97 Å². The maximum Gasteiger partial charge on any atom is 0.134 e. The number of thioether (sulfide) groups is 1. The number of aromatic nitrogens is 2. The molecule has 0 spiro atoms. The van der Waals surface area contributed by atoms with E-state index in [4.69, 9.17) is 11.6 Å². The van der Waals surface area contributed by atoms with E-state index in [-0.39, 0.29) is 0 Å². The first-order valence-electron chi connectivity index (χ1n) is 4.97. The molecular formula is C10H13ClN2S. The summed E-state index contributed by atoms with van der Waals surface area (Å²) in [7, 11) is 0. The van der Waals surface area contributed by atoms with Crippen LogP contribution in [-0.2, 0) is 0 Å². The Morgan fingerprint density at radius 3 is 2.93 bits per heavy atom. The van der Waals surface area contributed by atoms with E-state index in [1.807, 2.05) is 6.07 Å². The van der Waals surface area contributed by atoms with Crippen molar-refractivity contribution < 1.29 is 0 Å². The van der Waals surface area contributed by atoms with Crippen LogP contribution >= 0.6 is 23.4 Å². The number of nitrogens with zero attached hydrogens (tertiary/aromatic N) is 2. The molecule has 0 aromatic carbocycles. The predicted molar refractivity (Wildman–Crippen MR) is 60.0 cm³/mol. The first-order chi connectivity index (χ1) is 6.79. The average Bonchev–Trinajstić information content (AvgIpc) is 2.97. The van der Waals surface area contributed by atoms with Gasteiger partial charge >= 0.3 is 0 Å². The normalized spacial score (nSPS) is 15.9. The quantitative estimate of drug-likeness (QED) is 0.583. The second-order valence-corrected chi connectivity index (χ2v) is 5.01. The Balaban J connectivity index is 2.13. The van der Waals surface area contributed by atoms with Crippen LogP contribution in [0.4, 0.5) is 0 Å². The van der Waals surface area contributed by atoms with Crippen molar-refractivity contribution in [1.82, 2.24) is 9.97 Å². The second kappa shape index (κ2) is 4.49. The highest BCUT2D eigenvalue weighted by atomic mass is 35.5. The lowest BCUT2D eigenvalue weighted by molar-refractivity contribution is 0.877. The molecule has 0 atom stereocenters. The fourth-order valence-corrected chi connectivity index (χ4v) is 2.24. The third-order valence-corrected chi connectivity index (χ3v) is 3.40. The molecule has 0 unspecified atom stereocenters. The Bertz CT molecular complexity index is 326. The largest absolute Gasteiger partial charge is 0.226 e. The summed E-state index contributed by atoms with van der Waals surface area (Å²) in [6, 6.07) is 1.85. The standard InChI is InChI=1S/C10H13ClN2S/c1-2-5-14-9-6-8(11)12-10(13-9)7-3-4-7/h6-7H,2-5H2,1H3. The molecule has 1 saturated carbocycles. The number of halogens is 1. The molecule has 2 rings (SSSR count). The van der Waals surface area contributed by atoms with E-state index < -0.39 is 0 Å². The molecule has 1 heterocycles. The van der Waals surface area contributed by atoms with Crippen molar-refractivity contribution in [1.29, 1.82) is 0 Å². The third kappa shape index (κ3) is 2.61. The summed E-state index contributed by atoms with van der Waals surface area (Å²) in [6.07, 6.45) is 3.60. The zero-order chi connectivity index (χ0) is 9.97. The lowest BCUT2D eigenvalue weighted by atomic mass is 10.4. The highest BCUT2D eigenvalue weighted by molar-refractivity contribution is 7.99. The van der Waals surface area contributed by atoms with Crippen molar-refractivity contribution in [2.24, 2.45) is 0 Å². The smallest absolute Gasteiger partial charge is 0.134 e. The number of hydrogen-bond donors (Lipinski definition) is 0. The summed E-state index contributed by atoms with van der Waals surface area (Å²) >= 11 is 7.69. The van der Waals surface area contributed by atoms with Gasteiger partial charge in [0.1, 0.15) is 16.0 Å². The van der Waals surface area contributed by atoms with Crippen molar-refractivity contribution in [2.45, 2.75) is 37.1 Å². The molecular weight excluding hydrogens is 216 g/mol. The molecule has 2 nitrogen and oxygen atoms in total. The molecule has 1 fully saturated rings. The van der Waals surface area contributed by atoms with Crippen molar-refractivity contribution in [3.63, 3.8) is 0 Å². The van der Waals surface area contributed by atoms with Crippen molar-refractivity contribution in [3.05, 3.63) is 17.0 Å². The van der Waals surface area contributed by atoms with Gasteiger partial charge in [0.2, 0.25) is 0 Å². The minimum Gasteiger partial charge on any atom is -0.226 e. The van der Waals surface area contributed by atoms with Crippen molar-refractivity contribution >= 4 is 23.4 Å². The van der Waals surface area contributed by atoms with Crippen LogP contribution in [0.5, 0.6) is 0 Å². The van der Waals surface area contributed by atoms with E-state index in [1.165, 1.54) is 12.8 Å². The maximum absolute atomic E-state index is 5.94. The molecule has 0 radical (unpaired) electrons. The van der Waals surface area contributed by atoms with Gasteiger partial charge in [0.05, 0.1) is 0 Å². The lowest BCUT2D eigenvalue weighted by Crippen LogP contribution is -1.94. The Labute approximate surface area is 93.5 Å². The topological polar surface area (TPSA) is 25.8 Å². The van der Waals surface area contributed by atoms with Gasteiger partial charge < -0.3 is 0 Å². The number of hydrogen-bond acceptors (Lipinski definition) is 3. The van der Waals surface area contributed by atoms with Crippen LogP contribution in [0.15, 0.2) is 11.1 Å². The van der Waals surface area contributed by atoms with E-state index >= 15 is 0 Å². The Morgan fingerprint density at radius 1 is 1.50 bits per heavy atom. The van der Waals surface area contributed by atoms with Crippen molar-refractivity contribution in [3.8, 4) is 0 Å². The predicted octanol–water partition coefficient (Wildman–Crippen LogP) is 3.51. The maximum atomic E-state index is 5.94. The van der Waals surface area contributed by atoms with E-state index in [2.05, 4.69) is 16.9 Å². The zero-order valence-corrected chi connectivity index (χ0v) is 9.74.